The molecular formula is C11H18IN3O3. The fraction of sp³-hybridized carbons (Fsp3) is 0.364. The van der Waals surface area contributed by atoms with Crippen molar-refractivity contribution in [3.63, 3.8) is 0 Å². The van der Waals surface area contributed by atoms with Crippen molar-refractivity contribution in [1.82, 2.24) is 0 Å². The maximum Gasteiger partial charge on any atom is 0.203 e. The Morgan fingerprint density at radius 1 is 1.06 bits per heavy atom. The smallest absolute Gasteiger partial charge is 0.203 e. The van der Waals surface area contributed by atoms with Crippen LogP contribution in [0.15, 0.2) is 17.1 Å². The van der Waals surface area contributed by atoms with Crippen LogP contribution in [0, 0.1) is 0 Å². The number of hydrogen-bond donors (Lipinski definition) is 2. The van der Waals surface area contributed by atoms with Gasteiger partial charge in [0.2, 0.25) is 5.75 Å². The second kappa shape index (κ2) is 7.85. The molecule has 0 aliphatic heterocycles. The van der Waals surface area contributed by atoms with Crippen molar-refractivity contribution in [3.05, 3.63) is 17.7 Å². The Morgan fingerprint density at radius 3 is 1.89 bits per heavy atom. The van der Waals surface area contributed by atoms with Crippen LogP contribution in [0.1, 0.15) is 5.56 Å². The molecule has 6 nitrogen and oxygen atoms in total. The molecule has 1 aromatic rings. The van der Waals surface area contributed by atoms with Crippen molar-refractivity contribution >= 4 is 29.9 Å². The van der Waals surface area contributed by atoms with Gasteiger partial charge in [-0.25, -0.2) is 4.99 Å². The van der Waals surface area contributed by atoms with E-state index in [2.05, 4.69) is 4.99 Å². The second-order valence-electron chi connectivity index (χ2n) is 3.27. The van der Waals surface area contributed by atoms with Gasteiger partial charge in [-0.3, -0.25) is 0 Å². The number of hydrogen-bond acceptors (Lipinski definition) is 4. The molecule has 0 fully saturated rings. The molecule has 18 heavy (non-hydrogen) atoms. The normalized spacial score (nSPS) is 9.06. The van der Waals surface area contributed by atoms with Crippen molar-refractivity contribution in [1.29, 1.82) is 0 Å². The number of benzene rings is 1. The summed E-state index contributed by atoms with van der Waals surface area (Å²) in [6.07, 6.45) is 0. The minimum absolute atomic E-state index is 0. The molecule has 0 heterocycles. The number of guanidine groups is 1. The zero-order chi connectivity index (χ0) is 12.8. The molecular weight excluding hydrogens is 349 g/mol. The molecule has 4 N–H and O–H groups in total. The summed E-state index contributed by atoms with van der Waals surface area (Å²) in [4.78, 5) is 3.92. The molecule has 0 bridgehead atoms. The first-order valence-corrected chi connectivity index (χ1v) is 4.96. The predicted molar refractivity (Wildman–Crippen MR) is 81.0 cm³/mol. The lowest BCUT2D eigenvalue weighted by Crippen LogP contribution is -2.22. The average Bonchev–Trinajstić information content (AvgIpc) is 2.34. The summed E-state index contributed by atoms with van der Waals surface area (Å²) in [7, 11) is 4.67. The summed E-state index contributed by atoms with van der Waals surface area (Å²) in [5.41, 5.74) is 11.4. The lowest BCUT2D eigenvalue weighted by Gasteiger charge is -2.13. The Balaban J connectivity index is 0.00000289. The molecule has 102 valence electrons. The van der Waals surface area contributed by atoms with E-state index < -0.39 is 0 Å². The van der Waals surface area contributed by atoms with E-state index in [0.29, 0.717) is 23.8 Å². The third kappa shape index (κ3) is 4.13. The van der Waals surface area contributed by atoms with E-state index in [-0.39, 0.29) is 29.9 Å². The first kappa shape index (κ1) is 16.6. The molecule has 0 saturated heterocycles. The van der Waals surface area contributed by atoms with E-state index in [1.807, 2.05) is 0 Å². The Labute approximate surface area is 123 Å². The van der Waals surface area contributed by atoms with Crippen LogP contribution in [0.4, 0.5) is 0 Å². The van der Waals surface area contributed by atoms with Crippen molar-refractivity contribution in [2.24, 2.45) is 16.5 Å². The van der Waals surface area contributed by atoms with Crippen LogP contribution >= 0.6 is 24.0 Å². The fourth-order valence-corrected chi connectivity index (χ4v) is 1.41. The molecule has 1 aromatic carbocycles. The Morgan fingerprint density at radius 2 is 1.56 bits per heavy atom. The third-order valence-electron chi connectivity index (χ3n) is 2.17. The van der Waals surface area contributed by atoms with Crippen LogP contribution in [-0.2, 0) is 6.54 Å². The SMILES string of the molecule is COc1cc(CN=C(N)N)cc(OC)c1OC.I. The van der Waals surface area contributed by atoms with Crippen LogP contribution in [0.25, 0.3) is 0 Å². The van der Waals surface area contributed by atoms with Crippen molar-refractivity contribution in [3.8, 4) is 17.2 Å². The Kier molecular flexibility index (Phi) is 7.25. The van der Waals surface area contributed by atoms with Crippen molar-refractivity contribution in [2.45, 2.75) is 6.54 Å². The molecule has 0 spiro atoms. The van der Waals surface area contributed by atoms with Gasteiger partial charge >= 0.3 is 0 Å². The molecule has 0 radical (unpaired) electrons. The zero-order valence-corrected chi connectivity index (χ0v) is 12.9. The van der Waals surface area contributed by atoms with E-state index in [4.69, 9.17) is 25.7 Å². The summed E-state index contributed by atoms with van der Waals surface area (Å²) >= 11 is 0. The van der Waals surface area contributed by atoms with E-state index >= 15 is 0 Å². The summed E-state index contributed by atoms with van der Waals surface area (Å²) in [6.45, 7) is 0.360. The average molecular weight is 367 g/mol. The Bertz CT molecular complexity index is 395. The lowest BCUT2D eigenvalue weighted by atomic mass is 10.2. The van der Waals surface area contributed by atoms with Crippen LogP contribution in [-0.4, -0.2) is 27.3 Å². The predicted octanol–water partition coefficient (Wildman–Crippen LogP) is 1.10. The molecule has 0 aromatic heterocycles. The van der Waals surface area contributed by atoms with Gasteiger partial charge in [-0.1, -0.05) is 0 Å². The maximum atomic E-state index is 5.28. The largest absolute Gasteiger partial charge is 0.493 e. The standard InChI is InChI=1S/C11H17N3O3.HI/c1-15-8-4-7(6-14-11(12)13)5-9(16-2)10(8)17-3;/h4-5H,6H2,1-3H3,(H4,12,13,14);1H. The summed E-state index contributed by atoms with van der Waals surface area (Å²) in [5, 5.41) is 0. The number of ether oxygens (including phenoxy) is 3. The van der Waals surface area contributed by atoms with Gasteiger partial charge in [-0.2, -0.15) is 0 Å². The topological polar surface area (TPSA) is 92.1 Å². The highest BCUT2D eigenvalue weighted by Crippen LogP contribution is 2.38. The van der Waals surface area contributed by atoms with Crippen LogP contribution in [0.2, 0.25) is 0 Å². The molecule has 0 saturated carbocycles. The molecule has 0 atom stereocenters. The van der Waals surface area contributed by atoms with E-state index in [9.17, 15) is 0 Å². The monoisotopic (exact) mass is 367 g/mol. The van der Waals surface area contributed by atoms with E-state index in [0.717, 1.165) is 5.56 Å². The first-order valence-electron chi connectivity index (χ1n) is 4.96. The fourth-order valence-electron chi connectivity index (χ4n) is 1.41. The van der Waals surface area contributed by atoms with E-state index in [1.54, 1.807) is 33.5 Å². The Hall–Kier alpha value is -1.38. The highest BCUT2D eigenvalue weighted by molar-refractivity contribution is 14.0. The number of halogens is 1. The van der Waals surface area contributed by atoms with Gasteiger partial charge in [-0.05, 0) is 17.7 Å². The van der Waals surface area contributed by atoms with Crippen molar-refractivity contribution < 1.29 is 14.2 Å². The van der Waals surface area contributed by atoms with Crippen LogP contribution in [0.3, 0.4) is 0 Å². The maximum absolute atomic E-state index is 5.28. The third-order valence-corrected chi connectivity index (χ3v) is 2.17. The van der Waals surface area contributed by atoms with Gasteiger partial charge < -0.3 is 25.7 Å². The minimum Gasteiger partial charge on any atom is -0.493 e. The second-order valence-corrected chi connectivity index (χ2v) is 3.27. The molecule has 7 heteroatoms. The highest BCUT2D eigenvalue weighted by Gasteiger charge is 2.12. The number of rotatable bonds is 5. The molecule has 1 rings (SSSR count). The molecule has 0 amide bonds. The van der Waals surface area contributed by atoms with E-state index in [1.165, 1.54) is 0 Å². The van der Waals surface area contributed by atoms with Gasteiger partial charge in [0.25, 0.3) is 0 Å². The molecule has 0 unspecified atom stereocenters. The van der Waals surface area contributed by atoms with Gasteiger partial charge in [-0.15, -0.1) is 24.0 Å². The summed E-state index contributed by atoms with van der Waals surface area (Å²) in [6, 6.07) is 3.60. The quantitative estimate of drug-likeness (QED) is 0.462. The minimum atomic E-state index is 0. The summed E-state index contributed by atoms with van der Waals surface area (Å²) < 4.78 is 15.6. The number of nitrogens with zero attached hydrogens (tertiary/aromatic N) is 1. The van der Waals surface area contributed by atoms with Crippen LogP contribution < -0.4 is 25.7 Å². The number of nitrogens with two attached hydrogens (primary N) is 2. The lowest BCUT2D eigenvalue weighted by molar-refractivity contribution is 0.324. The molecule has 0 aliphatic rings. The summed E-state index contributed by atoms with van der Waals surface area (Å²) in [5.74, 6) is 1.74. The first-order chi connectivity index (χ1) is 8.12. The van der Waals surface area contributed by atoms with Gasteiger partial charge in [0.05, 0.1) is 27.9 Å². The number of methoxy groups -OCH3 is 3. The van der Waals surface area contributed by atoms with Gasteiger partial charge in [0.15, 0.2) is 17.5 Å². The van der Waals surface area contributed by atoms with Gasteiger partial charge in [0.1, 0.15) is 0 Å². The van der Waals surface area contributed by atoms with Crippen LogP contribution in [0.5, 0.6) is 17.2 Å². The number of aliphatic imine (C=N–C) groups is 1. The molecule has 0 aliphatic carbocycles. The highest BCUT2D eigenvalue weighted by atomic mass is 127. The van der Waals surface area contributed by atoms with Gasteiger partial charge in [0, 0.05) is 0 Å². The zero-order valence-electron chi connectivity index (χ0n) is 10.6. The van der Waals surface area contributed by atoms with Crippen molar-refractivity contribution in [2.75, 3.05) is 21.3 Å².